The van der Waals surface area contributed by atoms with Gasteiger partial charge >= 0.3 is 5.97 Å². The van der Waals surface area contributed by atoms with E-state index in [1.54, 1.807) is 6.07 Å². The number of amides is 1. The van der Waals surface area contributed by atoms with Crippen molar-refractivity contribution >= 4 is 33.5 Å². The Morgan fingerprint density at radius 1 is 1.47 bits per heavy atom. The summed E-state index contributed by atoms with van der Waals surface area (Å²) in [5, 5.41) is 2.77. The third-order valence-electron chi connectivity index (χ3n) is 2.85. The Kier molecular flexibility index (Phi) is 4.09. The molecule has 0 saturated carbocycles. The first kappa shape index (κ1) is 13.9. The highest BCUT2D eigenvalue weighted by Crippen LogP contribution is 2.40. The van der Waals surface area contributed by atoms with Crippen molar-refractivity contribution in [2.75, 3.05) is 19.0 Å². The second-order valence-corrected chi connectivity index (χ2v) is 5.07. The van der Waals surface area contributed by atoms with Crippen LogP contribution in [0.1, 0.15) is 29.3 Å². The van der Waals surface area contributed by atoms with Crippen molar-refractivity contribution in [2.24, 2.45) is 0 Å². The highest BCUT2D eigenvalue weighted by molar-refractivity contribution is 9.10. The molecule has 0 aliphatic carbocycles. The fourth-order valence-corrected chi connectivity index (χ4v) is 2.65. The Hall–Kier alpha value is -1.56. The molecule has 1 aromatic carbocycles. The molecule has 1 N–H and O–H groups in total. The van der Waals surface area contributed by atoms with Gasteiger partial charge in [-0.05, 0) is 34.8 Å². The number of hydrogen-bond donors (Lipinski definition) is 1. The second kappa shape index (κ2) is 5.61. The fraction of sp³-hybridized carbons (Fsp3) is 0.385. The molecule has 1 heterocycles. The third-order valence-corrected chi connectivity index (χ3v) is 3.48. The number of methoxy groups -OCH3 is 1. The largest absolute Gasteiger partial charge is 0.492 e. The standard InChI is InChI=1S/C13H14BrNO4/c1-7(16)15-11-8-4-3-5-19-12(8)9(6-10(11)14)13(17)18-2/h6H,3-5H2,1-2H3,(H,15,16). The van der Waals surface area contributed by atoms with Crippen molar-refractivity contribution in [1.82, 2.24) is 0 Å². The zero-order chi connectivity index (χ0) is 14.0. The van der Waals surface area contributed by atoms with Crippen LogP contribution in [0.5, 0.6) is 5.75 Å². The minimum Gasteiger partial charge on any atom is -0.492 e. The van der Waals surface area contributed by atoms with Gasteiger partial charge < -0.3 is 14.8 Å². The Labute approximate surface area is 119 Å². The molecule has 1 amide bonds. The molecule has 1 aliphatic heterocycles. The van der Waals surface area contributed by atoms with E-state index >= 15 is 0 Å². The van der Waals surface area contributed by atoms with Crippen LogP contribution in [-0.4, -0.2) is 25.6 Å². The van der Waals surface area contributed by atoms with Gasteiger partial charge in [0.1, 0.15) is 11.3 Å². The zero-order valence-electron chi connectivity index (χ0n) is 10.7. The Balaban J connectivity index is 2.59. The smallest absolute Gasteiger partial charge is 0.341 e. The quantitative estimate of drug-likeness (QED) is 0.848. The number of rotatable bonds is 2. The van der Waals surface area contributed by atoms with Gasteiger partial charge in [0.25, 0.3) is 0 Å². The maximum atomic E-state index is 11.8. The van der Waals surface area contributed by atoms with Crippen LogP contribution >= 0.6 is 15.9 Å². The zero-order valence-corrected chi connectivity index (χ0v) is 12.3. The summed E-state index contributed by atoms with van der Waals surface area (Å²) in [6.45, 7) is 1.99. The summed E-state index contributed by atoms with van der Waals surface area (Å²) in [7, 11) is 1.33. The first-order valence-electron chi connectivity index (χ1n) is 5.88. The lowest BCUT2D eigenvalue weighted by Crippen LogP contribution is -2.18. The van der Waals surface area contributed by atoms with Crippen molar-refractivity contribution < 1.29 is 19.1 Å². The minimum absolute atomic E-state index is 0.167. The van der Waals surface area contributed by atoms with E-state index in [0.29, 0.717) is 28.1 Å². The van der Waals surface area contributed by atoms with E-state index in [1.165, 1.54) is 14.0 Å². The van der Waals surface area contributed by atoms with E-state index in [4.69, 9.17) is 9.47 Å². The topological polar surface area (TPSA) is 64.6 Å². The van der Waals surface area contributed by atoms with Crippen molar-refractivity contribution in [1.29, 1.82) is 0 Å². The van der Waals surface area contributed by atoms with E-state index in [1.807, 2.05) is 0 Å². The third kappa shape index (κ3) is 2.73. The van der Waals surface area contributed by atoms with E-state index in [2.05, 4.69) is 21.2 Å². The average molecular weight is 328 g/mol. The number of nitrogens with one attached hydrogen (secondary N) is 1. The van der Waals surface area contributed by atoms with Crippen LogP contribution in [0, 0.1) is 0 Å². The normalized spacial score (nSPS) is 13.2. The van der Waals surface area contributed by atoms with Gasteiger partial charge in [-0.25, -0.2) is 4.79 Å². The van der Waals surface area contributed by atoms with Gasteiger partial charge in [-0.1, -0.05) is 0 Å². The summed E-state index contributed by atoms with van der Waals surface area (Å²) in [6, 6.07) is 1.61. The first-order chi connectivity index (χ1) is 9.04. The summed E-state index contributed by atoms with van der Waals surface area (Å²) >= 11 is 3.37. The number of carbonyl (C=O) groups is 2. The number of ether oxygens (including phenoxy) is 2. The van der Waals surface area contributed by atoms with Crippen LogP contribution in [0.4, 0.5) is 5.69 Å². The van der Waals surface area contributed by atoms with Crippen LogP contribution in [-0.2, 0) is 16.0 Å². The summed E-state index contributed by atoms with van der Waals surface area (Å²) in [5.41, 5.74) is 1.87. The number of esters is 1. The molecule has 0 saturated heterocycles. The van der Waals surface area contributed by atoms with Crippen LogP contribution < -0.4 is 10.1 Å². The minimum atomic E-state index is -0.451. The Morgan fingerprint density at radius 3 is 2.84 bits per heavy atom. The van der Waals surface area contributed by atoms with Gasteiger partial charge in [0.2, 0.25) is 5.91 Å². The highest BCUT2D eigenvalue weighted by Gasteiger charge is 2.25. The van der Waals surface area contributed by atoms with Gasteiger partial charge in [0.05, 0.1) is 19.4 Å². The molecule has 102 valence electrons. The molecule has 5 nitrogen and oxygen atoms in total. The molecular weight excluding hydrogens is 314 g/mol. The number of carbonyl (C=O) groups excluding carboxylic acids is 2. The molecular formula is C13H14BrNO4. The van der Waals surface area contributed by atoms with Crippen molar-refractivity contribution in [3.8, 4) is 5.75 Å². The molecule has 0 radical (unpaired) electrons. The molecule has 6 heteroatoms. The highest BCUT2D eigenvalue weighted by atomic mass is 79.9. The van der Waals surface area contributed by atoms with E-state index in [-0.39, 0.29) is 5.91 Å². The van der Waals surface area contributed by atoms with E-state index in [0.717, 1.165) is 18.4 Å². The predicted octanol–water partition coefficient (Wildman–Crippen LogP) is 2.52. The lowest BCUT2D eigenvalue weighted by atomic mass is 10.00. The lowest BCUT2D eigenvalue weighted by molar-refractivity contribution is -0.114. The Morgan fingerprint density at radius 2 is 2.21 bits per heavy atom. The van der Waals surface area contributed by atoms with Gasteiger partial charge in [-0.15, -0.1) is 0 Å². The molecule has 2 rings (SSSR count). The number of hydrogen-bond acceptors (Lipinski definition) is 4. The lowest BCUT2D eigenvalue weighted by Gasteiger charge is -2.23. The number of anilines is 1. The van der Waals surface area contributed by atoms with Crippen molar-refractivity contribution in [3.05, 3.63) is 21.7 Å². The van der Waals surface area contributed by atoms with Gasteiger partial charge in [-0.3, -0.25) is 4.79 Å². The molecule has 1 aliphatic rings. The number of fused-ring (bicyclic) bond motifs is 1. The van der Waals surface area contributed by atoms with Gasteiger partial charge in [0, 0.05) is 17.0 Å². The average Bonchev–Trinajstić information content (AvgIpc) is 2.40. The molecule has 0 aromatic heterocycles. The summed E-state index contributed by atoms with van der Waals surface area (Å²) in [6.07, 6.45) is 1.59. The van der Waals surface area contributed by atoms with Crippen molar-refractivity contribution in [3.63, 3.8) is 0 Å². The monoisotopic (exact) mass is 327 g/mol. The Bertz CT molecular complexity index is 542. The first-order valence-corrected chi connectivity index (χ1v) is 6.68. The molecule has 0 atom stereocenters. The van der Waals surface area contributed by atoms with Crippen LogP contribution in [0.3, 0.4) is 0 Å². The van der Waals surface area contributed by atoms with Crippen LogP contribution in [0.2, 0.25) is 0 Å². The van der Waals surface area contributed by atoms with E-state index < -0.39 is 5.97 Å². The maximum absolute atomic E-state index is 11.8. The summed E-state index contributed by atoms with van der Waals surface area (Å²) in [4.78, 5) is 23.0. The van der Waals surface area contributed by atoms with E-state index in [9.17, 15) is 9.59 Å². The summed E-state index contributed by atoms with van der Waals surface area (Å²) in [5.74, 6) is -0.113. The molecule has 0 bridgehead atoms. The molecule has 1 aromatic rings. The van der Waals surface area contributed by atoms with Gasteiger partial charge in [0.15, 0.2) is 0 Å². The summed E-state index contributed by atoms with van der Waals surface area (Å²) < 4.78 is 11.0. The molecule has 19 heavy (non-hydrogen) atoms. The predicted molar refractivity (Wildman–Crippen MR) is 73.6 cm³/mol. The van der Waals surface area contributed by atoms with Crippen LogP contribution in [0.25, 0.3) is 0 Å². The van der Waals surface area contributed by atoms with Crippen molar-refractivity contribution in [2.45, 2.75) is 19.8 Å². The van der Waals surface area contributed by atoms with Crippen LogP contribution in [0.15, 0.2) is 10.5 Å². The van der Waals surface area contributed by atoms with Gasteiger partial charge in [-0.2, -0.15) is 0 Å². The maximum Gasteiger partial charge on any atom is 0.341 e. The number of halogens is 1. The SMILES string of the molecule is COC(=O)c1cc(Br)c(NC(C)=O)c2c1OCCC2. The number of benzene rings is 1. The second-order valence-electron chi connectivity index (χ2n) is 4.21. The molecule has 0 spiro atoms. The fourth-order valence-electron chi connectivity index (χ4n) is 2.08. The molecule has 0 unspecified atom stereocenters. The molecule has 0 fully saturated rings.